The van der Waals surface area contributed by atoms with Crippen LogP contribution in [0.25, 0.3) is 10.2 Å². The first-order valence-electron chi connectivity index (χ1n) is 7.02. The molecule has 6 heteroatoms. The molecule has 1 unspecified atom stereocenters. The quantitative estimate of drug-likeness (QED) is 0.787. The van der Waals surface area contributed by atoms with Gasteiger partial charge in [-0.2, -0.15) is 0 Å². The molecule has 3 aromatic heterocycles. The average Bonchev–Trinajstić information content (AvgIpc) is 3.10. The first kappa shape index (κ1) is 13.2. The molecule has 108 valence electrons. The number of nitrogens with zero attached hydrogens (tertiary/aromatic N) is 3. The van der Waals surface area contributed by atoms with Crippen molar-refractivity contribution in [3.05, 3.63) is 39.2 Å². The largest absolute Gasteiger partial charge is 0.383 e. The molecule has 3 aromatic rings. The van der Waals surface area contributed by atoms with Gasteiger partial charge in [-0.05, 0) is 41.8 Å². The minimum absolute atomic E-state index is 0.420. The molecule has 0 fully saturated rings. The Morgan fingerprint density at radius 2 is 2.14 bits per heavy atom. The van der Waals surface area contributed by atoms with Crippen molar-refractivity contribution in [2.24, 2.45) is 0 Å². The number of thiophene rings is 2. The van der Waals surface area contributed by atoms with Crippen LogP contribution in [0.2, 0.25) is 0 Å². The zero-order valence-corrected chi connectivity index (χ0v) is 13.4. The van der Waals surface area contributed by atoms with Gasteiger partial charge in [-0.3, -0.25) is 4.90 Å². The summed E-state index contributed by atoms with van der Waals surface area (Å²) in [5.74, 6) is 1.42. The molecule has 0 saturated carbocycles. The van der Waals surface area contributed by atoms with Crippen LogP contribution in [-0.4, -0.2) is 21.4 Å². The lowest BCUT2D eigenvalue weighted by atomic mass is 10.0. The highest BCUT2D eigenvalue weighted by molar-refractivity contribution is 7.16. The maximum Gasteiger partial charge on any atom is 0.146 e. The Bertz CT molecular complexity index is 792. The van der Waals surface area contributed by atoms with Crippen molar-refractivity contribution in [1.82, 2.24) is 14.9 Å². The fourth-order valence-electron chi connectivity index (χ4n) is 2.95. The van der Waals surface area contributed by atoms with Gasteiger partial charge in [0.25, 0.3) is 0 Å². The minimum atomic E-state index is 0.420. The van der Waals surface area contributed by atoms with E-state index in [1.807, 2.05) is 22.8 Å². The first-order chi connectivity index (χ1) is 10.2. The molecule has 0 amide bonds. The van der Waals surface area contributed by atoms with Gasteiger partial charge in [0.2, 0.25) is 0 Å². The van der Waals surface area contributed by atoms with Gasteiger partial charge in [-0.15, -0.1) is 22.7 Å². The topological polar surface area (TPSA) is 55.0 Å². The third-order valence-corrected chi connectivity index (χ3v) is 5.95. The number of nitrogens with two attached hydrogens (primary N) is 1. The third-order valence-electron chi connectivity index (χ3n) is 4.15. The van der Waals surface area contributed by atoms with E-state index in [1.54, 1.807) is 11.3 Å². The number of hydrogen-bond donors (Lipinski definition) is 1. The second-order valence-electron chi connectivity index (χ2n) is 5.36. The van der Waals surface area contributed by atoms with E-state index in [-0.39, 0.29) is 0 Å². The molecular weight excluding hydrogens is 300 g/mol. The molecule has 0 saturated heterocycles. The van der Waals surface area contributed by atoms with Crippen LogP contribution in [0, 0.1) is 0 Å². The highest BCUT2D eigenvalue weighted by Crippen LogP contribution is 2.33. The Morgan fingerprint density at radius 1 is 1.29 bits per heavy atom. The second-order valence-corrected chi connectivity index (χ2v) is 7.26. The highest BCUT2D eigenvalue weighted by Gasteiger charge is 2.25. The molecule has 4 rings (SSSR count). The number of fused-ring (bicyclic) bond motifs is 2. The molecule has 4 nitrogen and oxygen atoms in total. The van der Waals surface area contributed by atoms with E-state index in [4.69, 9.17) is 5.73 Å². The lowest BCUT2D eigenvalue weighted by Gasteiger charge is -2.32. The van der Waals surface area contributed by atoms with Crippen molar-refractivity contribution in [3.63, 3.8) is 0 Å². The van der Waals surface area contributed by atoms with Crippen molar-refractivity contribution in [1.29, 1.82) is 0 Å². The monoisotopic (exact) mass is 316 g/mol. The lowest BCUT2D eigenvalue weighted by Crippen LogP contribution is -2.33. The van der Waals surface area contributed by atoms with Crippen LogP contribution in [0.5, 0.6) is 0 Å². The Hall–Kier alpha value is -1.50. The SMILES string of the molecule is CC1c2ccsc2CCN1Cc1nc(N)c2ccsc2n1. The van der Waals surface area contributed by atoms with Crippen LogP contribution >= 0.6 is 22.7 Å². The fourth-order valence-corrected chi connectivity index (χ4v) is 4.71. The Labute approximate surface area is 131 Å². The van der Waals surface area contributed by atoms with Crippen LogP contribution in [0.1, 0.15) is 29.2 Å². The zero-order valence-electron chi connectivity index (χ0n) is 11.7. The van der Waals surface area contributed by atoms with Crippen molar-refractivity contribution in [2.45, 2.75) is 25.9 Å². The molecular formula is C15H16N4S2. The normalized spacial score (nSPS) is 19.0. The second kappa shape index (κ2) is 5.05. The van der Waals surface area contributed by atoms with E-state index in [1.165, 1.54) is 10.4 Å². The van der Waals surface area contributed by atoms with Gasteiger partial charge >= 0.3 is 0 Å². The maximum absolute atomic E-state index is 6.04. The summed E-state index contributed by atoms with van der Waals surface area (Å²) in [6, 6.07) is 4.65. The van der Waals surface area contributed by atoms with Gasteiger partial charge < -0.3 is 5.73 Å². The Morgan fingerprint density at radius 3 is 3.05 bits per heavy atom. The number of nitrogen functional groups attached to an aromatic ring is 1. The van der Waals surface area contributed by atoms with Gasteiger partial charge in [0.15, 0.2) is 0 Å². The van der Waals surface area contributed by atoms with Gasteiger partial charge in [0, 0.05) is 17.5 Å². The third kappa shape index (κ3) is 2.23. The summed E-state index contributed by atoms with van der Waals surface area (Å²) in [4.78, 5) is 14.1. The van der Waals surface area contributed by atoms with E-state index in [0.717, 1.165) is 35.6 Å². The van der Waals surface area contributed by atoms with E-state index in [0.29, 0.717) is 11.9 Å². The fraction of sp³-hybridized carbons (Fsp3) is 0.333. The highest BCUT2D eigenvalue weighted by atomic mass is 32.1. The van der Waals surface area contributed by atoms with E-state index >= 15 is 0 Å². The molecule has 1 aliphatic heterocycles. The predicted molar refractivity (Wildman–Crippen MR) is 88.7 cm³/mol. The Balaban J connectivity index is 1.63. The van der Waals surface area contributed by atoms with Crippen molar-refractivity contribution < 1.29 is 0 Å². The van der Waals surface area contributed by atoms with Gasteiger partial charge in [-0.25, -0.2) is 9.97 Å². The summed E-state index contributed by atoms with van der Waals surface area (Å²) in [6.07, 6.45) is 1.12. The van der Waals surface area contributed by atoms with Crippen LogP contribution in [0.4, 0.5) is 5.82 Å². The molecule has 0 aliphatic carbocycles. The number of anilines is 1. The lowest BCUT2D eigenvalue weighted by molar-refractivity contribution is 0.187. The molecule has 2 N–H and O–H groups in total. The van der Waals surface area contributed by atoms with Gasteiger partial charge in [-0.1, -0.05) is 0 Å². The molecule has 21 heavy (non-hydrogen) atoms. The van der Waals surface area contributed by atoms with Crippen molar-refractivity contribution in [2.75, 3.05) is 12.3 Å². The summed E-state index contributed by atoms with van der Waals surface area (Å²) >= 11 is 3.49. The van der Waals surface area contributed by atoms with Crippen LogP contribution in [0.15, 0.2) is 22.9 Å². The molecule has 0 spiro atoms. The van der Waals surface area contributed by atoms with E-state index < -0.39 is 0 Å². The molecule has 1 atom stereocenters. The molecule has 0 aromatic carbocycles. The predicted octanol–water partition coefficient (Wildman–Crippen LogP) is 3.45. The van der Waals surface area contributed by atoms with E-state index in [2.05, 4.69) is 33.2 Å². The zero-order chi connectivity index (χ0) is 14.4. The number of rotatable bonds is 2. The maximum atomic E-state index is 6.04. The standard InChI is InChI=1S/C15H16N4S2/c1-9-10-3-6-20-12(10)2-5-19(9)8-13-17-14(16)11-4-7-21-15(11)18-13/h3-4,6-7,9H,2,5,8H2,1H3,(H2,16,17,18). The van der Waals surface area contributed by atoms with Crippen LogP contribution < -0.4 is 5.73 Å². The van der Waals surface area contributed by atoms with E-state index in [9.17, 15) is 0 Å². The summed E-state index contributed by atoms with van der Waals surface area (Å²) in [7, 11) is 0. The van der Waals surface area contributed by atoms with Gasteiger partial charge in [0.05, 0.1) is 11.9 Å². The summed E-state index contributed by atoms with van der Waals surface area (Å²) in [5.41, 5.74) is 7.49. The summed E-state index contributed by atoms with van der Waals surface area (Å²) in [5, 5.41) is 5.17. The van der Waals surface area contributed by atoms with Crippen LogP contribution in [0.3, 0.4) is 0 Å². The summed E-state index contributed by atoms with van der Waals surface area (Å²) < 4.78 is 0. The van der Waals surface area contributed by atoms with Crippen molar-refractivity contribution >= 4 is 38.7 Å². The minimum Gasteiger partial charge on any atom is -0.383 e. The Kier molecular flexibility index (Phi) is 3.17. The molecule has 1 aliphatic rings. The van der Waals surface area contributed by atoms with Gasteiger partial charge in [0.1, 0.15) is 16.5 Å². The average molecular weight is 316 g/mol. The summed E-state index contributed by atoms with van der Waals surface area (Å²) in [6.45, 7) is 4.08. The molecule has 0 radical (unpaired) electrons. The smallest absolute Gasteiger partial charge is 0.146 e. The van der Waals surface area contributed by atoms with Crippen molar-refractivity contribution in [3.8, 4) is 0 Å². The number of aromatic nitrogens is 2. The van der Waals surface area contributed by atoms with Crippen LogP contribution in [-0.2, 0) is 13.0 Å². The molecule has 4 heterocycles. The number of hydrogen-bond acceptors (Lipinski definition) is 6. The first-order valence-corrected chi connectivity index (χ1v) is 8.78. The molecule has 0 bridgehead atoms.